The van der Waals surface area contributed by atoms with Crippen molar-refractivity contribution in [3.63, 3.8) is 0 Å². The summed E-state index contributed by atoms with van der Waals surface area (Å²) in [6.07, 6.45) is -0.690. The molecule has 8 heteroatoms. The first-order chi connectivity index (χ1) is 8.02. The summed E-state index contributed by atoms with van der Waals surface area (Å²) < 4.78 is 4.34. The van der Waals surface area contributed by atoms with Gasteiger partial charge in [0.2, 0.25) is 0 Å². The molecule has 0 aliphatic heterocycles. The van der Waals surface area contributed by atoms with Crippen LogP contribution >= 0.6 is 12.2 Å². The molecule has 0 aromatic heterocycles. The largest absolute Gasteiger partial charge is 0.453 e. The number of anilines is 1. The lowest BCUT2D eigenvalue weighted by molar-refractivity contribution is -0.384. The Morgan fingerprint density at radius 2 is 2.00 bits per heavy atom. The van der Waals surface area contributed by atoms with Crippen LogP contribution in [-0.4, -0.2) is 23.2 Å². The molecular weight excluding hydrogens is 246 g/mol. The monoisotopic (exact) mass is 255 g/mol. The normalized spacial score (nSPS) is 9.24. The third kappa shape index (κ3) is 4.03. The van der Waals surface area contributed by atoms with E-state index in [-0.39, 0.29) is 10.8 Å². The van der Waals surface area contributed by atoms with Crippen LogP contribution in [0.4, 0.5) is 16.2 Å². The molecule has 0 unspecified atom stereocenters. The Bertz CT molecular complexity index is 446. The molecule has 1 amide bonds. The molecule has 0 saturated carbocycles. The topological polar surface area (TPSA) is 93.5 Å². The van der Waals surface area contributed by atoms with Gasteiger partial charge >= 0.3 is 6.09 Å². The van der Waals surface area contributed by atoms with Crippen LogP contribution in [0.3, 0.4) is 0 Å². The maximum absolute atomic E-state index is 10.8. The Kier molecular flexibility index (Phi) is 4.35. The average molecular weight is 255 g/mol. The van der Waals surface area contributed by atoms with Crippen molar-refractivity contribution in [1.29, 1.82) is 0 Å². The van der Waals surface area contributed by atoms with E-state index in [4.69, 9.17) is 12.2 Å². The predicted octanol–water partition coefficient (Wildman–Crippen LogP) is 1.65. The number of ether oxygens (including phenoxy) is 1. The second-order valence-corrected chi connectivity index (χ2v) is 3.28. The quantitative estimate of drug-likeness (QED) is 0.474. The fraction of sp³-hybridized carbons (Fsp3) is 0.111. The number of alkyl carbamates (subject to hydrolysis) is 1. The molecule has 0 fully saturated rings. The van der Waals surface area contributed by atoms with Crippen molar-refractivity contribution in [2.45, 2.75) is 0 Å². The van der Waals surface area contributed by atoms with Crippen LogP contribution < -0.4 is 10.6 Å². The second-order valence-electron chi connectivity index (χ2n) is 2.87. The Balaban J connectivity index is 2.60. The van der Waals surface area contributed by atoms with Crippen LogP contribution in [0, 0.1) is 10.1 Å². The summed E-state index contributed by atoms with van der Waals surface area (Å²) in [7, 11) is 1.21. The number of nitrogens with zero attached hydrogens (tertiary/aromatic N) is 1. The van der Waals surface area contributed by atoms with Gasteiger partial charge in [-0.15, -0.1) is 0 Å². The fourth-order valence-electron chi connectivity index (χ4n) is 0.973. The van der Waals surface area contributed by atoms with Gasteiger partial charge in [0.25, 0.3) is 5.69 Å². The van der Waals surface area contributed by atoms with Crippen molar-refractivity contribution in [3.8, 4) is 0 Å². The van der Waals surface area contributed by atoms with Crippen LogP contribution in [-0.2, 0) is 4.74 Å². The standard InChI is InChI=1S/C9H9N3O4S/c1-16-9(13)11-8(17)10-6-2-4-7(5-3-6)12(14)15/h2-5H,1H3,(H2,10,11,13,17). The summed E-state index contributed by atoms with van der Waals surface area (Å²) in [5.74, 6) is 0. The average Bonchev–Trinajstić information content (AvgIpc) is 2.29. The molecule has 0 aliphatic rings. The molecule has 0 spiro atoms. The zero-order valence-corrected chi connectivity index (χ0v) is 9.61. The molecule has 0 aliphatic carbocycles. The summed E-state index contributed by atoms with van der Waals surface area (Å²) in [6, 6.07) is 5.60. The maximum Gasteiger partial charge on any atom is 0.413 e. The molecule has 7 nitrogen and oxygen atoms in total. The van der Waals surface area contributed by atoms with Crippen LogP contribution in [0.1, 0.15) is 0 Å². The van der Waals surface area contributed by atoms with E-state index in [0.29, 0.717) is 5.69 Å². The number of nitro groups is 1. The molecule has 0 heterocycles. The molecule has 0 saturated heterocycles. The number of hydrogen-bond donors (Lipinski definition) is 2. The van der Waals surface area contributed by atoms with Gasteiger partial charge in [0.15, 0.2) is 5.11 Å². The number of non-ortho nitro benzene ring substituents is 1. The van der Waals surface area contributed by atoms with Crippen molar-refractivity contribution >= 4 is 34.8 Å². The number of methoxy groups -OCH3 is 1. The molecule has 1 rings (SSSR count). The molecule has 2 N–H and O–H groups in total. The van der Waals surface area contributed by atoms with Gasteiger partial charge in [-0.3, -0.25) is 15.4 Å². The highest BCUT2D eigenvalue weighted by Crippen LogP contribution is 2.15. The number of nitro benzene ring substituents is 1. The smallest absolute Gasteiger partial charge is 0.413 e. The Morgan fingerprint density at radius 1 is 1.41 bits per heavy atom. The van der Waals surface area contributed by atoms with Crippen molar-refractivity contribution < 1.29 is 14.5 Å². The van der Waals surface area contributed by atoms with Gasteiger partial charge < -0.3 is 10.1 Å². The Hall–Kier alpha value is -2.22. The maximum atomic E-state index is 10.8. The van der Waals surface area contributed by atoms with Crippen molar-refractivity contribution in [1.82, 2.24) is 5.32 Å². The predicted molar refractivity (Wildman–Crippen MR) is 64.9 cm³/mol. The highest BCUT2D eigenvalue weighted by atomic mass is 32.1. The van der Waals surface area contributed by atoms with Crippen LogP contribution in [0.2, 0.25) is 0 Å². The first-order valence-corrected chi connectivity index (χ1v) is 4.84. The van der Waals surface area contributed by atoms with Gasteiger partial charge in [-0.25, -0.2) is 4.79 Å². The number of rotatable bonds is 2. The van der Waals surface area contributed by atoms with Crippen LogP contribution in [0.5, 0.6) is 0 Å². The van der Waals surface area contributed by atoms with Gasteiger partial charge in [0.1, 0.15) is 0 Å². The number of nitrogens with one attached hydrogen (secondary N) is 2. The van der Waals surface area contributed by atoms with E-state index in [9.17, 15) is 14.9 Å². The van der Waals surface area contributed by atoms with E-state index < -0.39 is 11.0 Å². The number of amides is 1. The van der Waals surface area contributed by atoms with E-state index in [1.165, 1.54) is 31.4 Å². The first kappa shape index (κ1) is 12.8. The van der Waals surface area contributed by atoms with Crippen LogP contribution in [0.25, 0.3) is 0 Å². The summed E-state index contributed by atoms with van der Waals surface area (Å²) in [5, 5.41) is 15.4. The molecule has 1 aromatic rings. The summed E-state index contributed by atoms with van der Waals surface area (Å²) in [5.41, 5.74) is 0.499. The van der Waals surface area contributed by atoms with Gasteiger partial charge in [0.05, 0.1) is 12.0 Å². The SMILES string of the molecule is COC(=O)NC(=S)Nc1ccc([N+](=O)[O-])cc1. The first-order valence-electron chi connectivity index (χ1n) is 4.43. The molecule has 0 bridgehead atoms. The van der Waals surface area contributed by atoms with Gasteiger partial charge in [-0.2, -0.15) is 0 Å². The van der Waals surface area contributed by atoms with E-state index in [1.807, 2.05) is 0 Å². The molecule has 17 heavy (non-hydrogen) atoms. The fourth-order valence-corrected chi connectivity index (χ4v) is 1.17. The lowest BCUT2D eigenvalue weighted by Gasteiger charge is -2.07. The highest BCUT2D eigenvalue weighted by Gasteiger charge is 2.06. The number of carbonyl (C=O) groups excluding carboxylic acids is 1. The molecule has 1 aromatic carbocycles. The minimum Gasteiger partial charge on any atom is -0.453 e. The zero-order chi connectivity index (χ0) is 12.8. The van der Waals surface area contributed by atoms with Gasteiger partial charge in [0, 0.05) is 17.8 Å². The van der Waals surface area contributed by atoms with Gasteiger partial charge in [-0.05, 0) is 24.4 Å². The minimum atomic E-state index is -0.690. The van der Waals surface area contributed by atoms with Crippen molar-refractivity contribution in [2.24, 2.45) is 0 Å². The number of carbonyl (C=O) groups is 1. The lowest BCUT2D eigenvalue weighted by Crippen LogP contribution is -2.33. The Labute approximate surface area is 102 Å². The highest BCUT2D eigenvalue weighted by molar-refractivity contribution is 7.80. The number of thiocarbonyl (C=S) groups is 1. The van der Waals surface area contributed by atoms with E-state index in [1.54, 1.807) is 0 Å². The number of benzene rings is 1. The summed E-state index contributed by atoms with van der Waals surface area (Å²) >= 11 is 4.81. The molecule has 90 valence electrons. The molecule has 0 atom stereocenters. The van der Waals surface area contributed by atoms with E-state index in [0.717, 1.165) is 0 Å². The summed E-state index contributed by atoms with van der Waals surface area (Å²) in [6.45, 7) is 0. The van der Waals surface area contributed by atoms with E-state index in [2.05, 4.69) is 15.4 Å². The molecule has 0 radical (unpaired) electrons. The van der Waals surface area contributed by atoms with Crippen molar-refractivity contribution in [3.05, 3.63) is 34.4 Å². The Morgan fingerprint density at radius 3 is 2.47 bits per heavy atom. The third-order valence-electron chi connectivity index (χ3n) is 1.74. The van der Waals surface area contributed by atoms with Crippen molar-refractivity contribution in [2.75, 3.05) is 12.4 Å². The lowest BCUT2D eigenvalue weighted by atomic mass is 10.3. The van der Waals surface area contributed by atoms with Crippen LogP contribution in [0.15, 0.2) is 24.3 Å². The second kappa shape index (κ2) is 5.75. The molecular formula is C9H9N3O4S. The minimum absolute atomic E-state index is 0.0256. The number of hydrogen-bond acceptors (Lipinski definition) is 5. The summed E-state index contributed by atoms with van der Waals surface area (Å²) in [4.78, 5) is 20.7. The third-order valence-corrected chi connectivity index (χ3v) is 1.94. The van der Waals surface area contributed by atoms with Gasteiger partial charge in [-0.1, -0.05) is 0 Å². The van der Waals surface area contributed by atoms with E-state index >= 15 is 0 Å². The zero-order valence-electron chi connectivity index (χ0n) is 8.80.